The van der Waals surface area contributed by atoms with Crippen LogP contribution in [0.4, 0.5) is 11.4 Å². The van der Waals surface area contributed by atoms with Crippen LogP contribution >= 0.6 is 0 Å². The number of nitrogens with zero attached hydrogens (tertiary/aromatic N) is 1. The molecule has 0 aliphatic carbocycles. The van der Waals surface area contributed by atoms with Gasteiger partial charge in [0.25, 0.3) is 11.6 Å². The van der Waals surface area contributed by atoms with Gasteiger partial charge in [-0.05, 0) is 18.2 Å². The van der Waals surface area contributed by atoms with E-state index >= 15 is 0 Å². The number of carbonyl (C=O) groups is 1. The van der Waals surface area contributed by atoms with Crippen molar-refractivity contribution in [2.24, 2.45) is 0 Å². The van der Waals surface area contributed by atoms with Crippen LogP contribution in [-0.4, -0.2) is 31.7 Å². The standard InChI is InChI=1S/C16H16N2O6/c1-22-13-8-7-11(18(20)21)9-12(13)17-16(19)10-24-15-6-4-3-5-14(15)23-2/h3-9H,10H2,1-2H3,(H,17,19). The van der Waals surface area contributed by atoms with Crippen molar-refractivity contribution in [1.82, 2.24) is 0 Å². The van der Waals surface area contributed by atoms with Crippen LogP contribution in [0.25, 0.3) is 0 Å². The van der Waals surface area contributed by atoms with Crippen LogP contribution in [0.3, 0.4) is 0 Å². The van der Waals surface area contributed by atoms with Gasteiger partial charge >= 0.3 is 0 Å². The van der Waals surface area contributed by atoms with E-state index in [-0.39, 0.29) is 18.0 Å². The molecule has 0 aliphatic heterocycles. The number of methoxy groups -OCH3 is 2. The summed E-state index contributed by atoms with van der Waals surface area (Å²) in [5.74, 6) is 0.741. The Kier molecular flexibility index (Phi) is 5.56. The van der Waals surface area contributed by atoms with Gasteiger partial charge in [-0.3, -0.25) is 14.9 Å². The van der Waals surface area contributed by atoms with Crippen LogP contribution in [0.1, 0.15) is 0 Å². The zero-order chi connectivity index (χ0) is 17.5. The van der Waals surface area contributed by atoms with Crippen LogP contribution in [0.2, 0.25) is 0 Å². The van der Waals surface area contributed by atoms with Crippen LogP contribution in [-0.2, 0) is 4.79 Å². The summed E-state index contributed by atoms with van der Waals surface area (Å²) in [7, 11) is 2.90. The third-order valence-electron chi connectivity index (χ3n) is 3.10. The summed E-state index contributed by atoms with van der Waals surface area (Å²) in [5.41, 5.74) is 0.0390. The first-order valence-corrected chi connectivity index (χ1v) is 6.93. The molecule has 8 heteroatoms. The highest BCUT2D eigenvalue weighted by atomic mass is 16.6. The van der Waals surface area contributed by atoms with Crippen molar-refractivity contribution in [2.75, 3.05) is 26.1 Å². The number of para-hydroxylation sites is 2. The quantitative estimate of drug-likeness (QED) is 0.618. The van der Waals surface area contributed by atoms with Gasteiger partial charge in [-0.2, -0.15) is 0 Å². The molecule has 0 spiro atoms. The molecule has 24 heavy (non-hydrogen) atoms. The molecule has 0 heterocycles. The molecule has 1 amide bonds. The van der Waals surface area contributed by atoms with E-state index in [0.29, 0.717) is 17.2 Å². The lowest BCUT2D eigenvalue weighted by Gasteiger charge is -2.12. The molecular weight excluding hydrogens is 316 g/mol. The van der Waals surface area contributed by atoms with Gasteiger partial charge in [0.05, 0.1) is 24.8 Å². The van der Waals surface area contributed by atoms with Gasteiger partial charge in [0, 0.05) is 12.1 Å². The minimum Gasteiger partial charge on any atom is -0.495 e. The van der Waals surface area contributed by atoms with E-state index in [2.05, 4.69) is 5.32 Å². The Balaban J connectivity index is 2.06. The summed E-state index contributed by atoms with van der Waals surface area (Å²) in [5, 5.41) is 13.4. The maximum Gasteiger partial charge on any atom is 0.271 e. The van der Waals surface area contributed by atoms with Gasteiger partial charge in [0.15, 0.2) is 18.1 Å². The highest BCUT2D eigenvalue weighted by Crippen LogP contribution is 2.29. The maximum absolute atomic E-state index is 12.0. The highest BCUT2D eigenvalue weighted by Gasteiger charge is 2.14. The van der Waals surface area contributed by atoms with Gasteiger partial charge in [-0.25, -0.2) is 0 Å². The lowest BCUT2D eigenvalue weighted by atomic mass is 10.2. The summed E-state index contributed by atoms with van der Waals surface area (Å²) in [6, 6.07) is 10.8. The van der Waals surface area contributed by atoms with E-state index in [1.165, 1.54) is 32.4 Å². The number of non-ortho nitro benzene ring substituents is 1. The Morgan fingerprint density at radius 1 is 1.08 bits per heavy atom. The smallest absolute Gasteiger partial charge is 0.271 e. The number of nitrogens with one attached hydrogen (secondary N) is 1. The van der Waals surface area contributed by atoms with Crippen LogP contribution in [0, 0.1) is 10.1 Å². The number of rotatable bonds is 7. The molecule has 0 aliphatic rings. The Morgan fingerprint density at radius 2 is 1.75 bits per heavy atom. The monoisotopic (exact) mass is 332 g/mol. The normalized spacial score (nSPS) is 9.92. The Morgan fingerprint density at radius 3 is 2.38 bits per heavy atom. The minimum atomic E-state index is -0.555. The molecule has 0 saturated carbocycles. The zero-order valence-electron chi connectivity index (χ0n) is 13.1. The summed E-state index contributed by atoms with van der Waals surface area (Å²) < 4.78 is 15.6. The van der Waals surface area contributed by atoms with E-state index in [9.17, 15) is 14.9 Å². The second-order valence-corrected chi connectivity index (χ2v) is 4.63. The molecule has 126 valence electrons. The first kappa shape index (κ1) is 17.1. The lowest BCUT2D eigenvalue weighted by Crippen LogP contribution is -2.20. The number of nitro benzene ring substituents is 1. The number of anilines is 1. The van der Waals surface area contributed by atoms with Gasteiger partial charge in [-0.15, -0.1) is 0 Å². The second kappa shape index (κ2) is 7.82. The van der Waals surface area contributed by atoms with E-state index in [1.54, 1.807) is 24.3 Å². The Labute approximate surface area is 138 Å². The Bertz CT molecular complexity index is 747. The fourth-order valence-corrected chi connectivity index (χ4v) is 1.97. The molecule has 0 fully saturated rings. The van der Waals surface area contributed by atoms with E-state index in [0.717, 1.165) is 0 Å². The number of amides is 1. The lowest BCUT2D eigenvalue weighted by molar-refractivity contribution is -0.384. The fraction of sp³-hybridized carbons (Fsp3) is 0.188. The molecule has 2 aromatic carbocycles. The summed E-state index contributed by atoms with van der Waals surface area (Å²) in [6.45, 7) is -0.285. The number of benzene rings is 2. The molecule has 0 atom stereocenters. The number of hydrogen-bond acceptors (Lipinski definition) is 6. The molecule has 2 rings (SSSR count). The number of nitro groups is 1. The molecule has 0 radical (unpaired) electrons. The Hall–Kier alpha value is -3.29. The first-order valence-electron chi connectivity index (χ1n) is 6.93. The van der Waals surface area contributed by atoms with Crippen molar-refractivity contribution in [3.05, 3.63) is 52.6 Å². The summed E-state index contributed by atoms with van der Waals surface area (Å²) in [6.07, 6.45) is 0. The molecule has 2 aromatic rings. The third-order valence-corrected chi connectivity index (χ3v) is 3.10. The van der Waals surface area contributed by atoms with Gasteiger partial charge < -0.3 is 19.5 Å². The SMILES string of the molecule is COc1ccc([N+](=O)[O-])cc1NC(=O)COc1ccccc1OC. The van der Waals surface area contributed by atoms with Crippen molar-refractivity contribution in [1.29, 1.82) is 0 Å². The van der Waals surface area contributed by atoms with E-state index in [1.807, 2.05) is 0 Å². The molecule has 0 bridgehead atoms. The molecule has 0 aromatic heterocycles. The molecule has 1 N–H and O–H groups in total. The predicted molar refractivity (Wildman–Crippen MR) is 86.8 cm³/mol. The predicted octanol–water partition coefficient (Wildman–Crippen LogP) is 2.63. The van der Waals surface area contributed by atoms with Crippen LogP contribution < -0.4 is 19.5 Å². The molecule has 8 nitrogen and oxygen atoms in total. The largest absolute Gasteiger partial charge is 0.495 e. The number of ether oxygens (including phenoxy) is 3. The van der Waals surface area contributed by atoms with E-state index in [4.69, 9.17) is 14.2 Å². The van der Waals surface area contributed by atoms with Crippen molar-refractivity contribution < 1.29 is 23.9 Å². The molecule has 0 saturated heterocycles. The van der Waals surface area contributed by atoms with Crippen molar-refractivity contribution >= 4 is 17.3 Å². The third kappa shape index (κ3) is 4.13. The summed E-state index contributed by atoms with van der Waals surface area (Å²) >= 11 is 0. The fourth-order valence-electron chi connectivity index (χ4n) is 1.97. The summed E-state index contributed by atoms with van der Waals surface area (Å²) in [4.78, 5) is 22.3. The average Bonchev–Trinajstić information content (AvgIpc) is 2.60. The second-order valence-electron chi connectivity index (χ2n) is 4.63. The molecule has 0 unspecified atom stereocenters. The highest BCUT2D eigenvalue weighted by molar-refractivity contribution is 5.93. The van der Waals surface area contributed by atoms with Gasteiger partial charge in [0.2, 0.25) is 0 Å². The van der Waals surface area contributed by atoms with Crippen LogP contribution in [0.5, 0.6) is 17.2 Å². The average molecular weight is 332 g/mol. The zero-order valence-corrected chi connectivity index (χ0v) is 13.1. The van der Waals surface area contributed by atoms with Crippen molar-refractivity contribution in [3.63, 3.8) is 0 Å². The van der Waals surface area contributed by atoms with Gasteiger partial charge in [0.1, 0.15) is 5.75 Å². The number of hydrogen-bond donors (Lipinski definition) is 1. The van der Waals surface area contributed by atoms with Gasteiger partial charge in [-0.1, -0.05) is 12.1 Å². The van der Waals surface area contributed by atoms with Crippen molar-refractivity contribution in [3.8, 4) is 17.2 Å². The topological polar surface area (TPSA) is 99.9 Å². The van der Waals surface area contributed by atoms with E-state index < -0.39 is 10.8 Å². The maximum atomic E-state index is 12.0. The minimum absolute atomic E-state index is 0.156. The van der Waals surface area contributed by atoms with Crippen molar-refractivity contribution in [2.45, 2.75) is 0 Å². The van der Waals surface area contributed by atoms with Crippen LogP contribution in [0.15, 0.2) is 42.5 Å². The number of carbonyl (C=O) groups excluding carboxylic acids is 1. The first-order chi connectivity index (χ1) is 11.5. The molecular formula is C16H16N2O6.